The van der Waals surface area contributed by atoms with Crippen LogP contribution in [0.5, 0.6) is 0 Å². The molecule has 0 unspecified atom stereocenters. The lowest BCUT2D eigenvalue weighted by atomic mass is 10.2. The maximum Gasteiger partial charge on any atom is 0.336 e. The highest BCUT2D eigenvalue weighted by Gasteiger charge is 1.97. The topological polar surface area (TPSA) is 56.1 Å². The van der Waals surface area contributed by atoms with Gasteiger partial charge in [0, 0.05) is 26.0 Å². The van der Waals surface area contributed by atoms with Crippen molar-refractivity contribution in [3.05, 3.63) is 30.1 Å². The molecule has 13 heavy (non-hydrogen) atoms. The van der Waals surface area contributed by atoms with Gasteiger partial charge in [-0.2, -0.15) is 0 Å². The number of carbonyl (C=O) groups is 1. The standard InChI is InChI=1S/C9H12N3O/c1-10-9(13)12-7-4-8-2-5-11-6-3-8/h2-3,5-6H,4,7H2,1H3,(H,10,13). The van der Waals surface area contributed by atoms with Crippen molar-refractivity contribution in [3.63, 3.8) is 0 Å². The van der Waals surface area contributed by atoms with E-state index < -0.39 is 0 Å². The molecule has 0 bridgehead atoms. The van der Waals surface area contributed by atoms with E-state index in [4.69, 9.17) is 0 Å². The van der Waals surface area contributed by atoms with Crippen LogP contribution in [0.1, 0.15) is 5.56 Å². The van der Waals surface area contributed by atoms with E-state index in [1.807, 2.05) is 12.1 Å². The Bertz CT molecular complexity index is 261. The Morgan fingerprint density at radius 3 is 2.85 bits per heavy atom. The van der Waals surface area contributed by atoms with E-state index in [9.17, 15) is 4.79 Å². The molecule has 0 spiro atoms. The van der Waals surface area contributed by atoms with Crippen LogP contribution in [0.2, 0.25) is 0 Å². The van der Waals surface area contributed by atoms with Gasteiger partial charge in [0.25, 0.3) is 0 Å². The van der Waals surface area contributed by atoms with Gasteiger partial charge in [-0.25, -0.2) is 10.1 Å². The fraction of sp³-hybridized carbons (Fsp3) is 0.333. The molecule has 1 aromatic rings. The number of aromatic nitrogens is 1. The van der Waals surface area contributed by atoms with Crippen LogP contribution in [0.3, 0.4) is 0 Å². The van der Waals surface area contributed by atoms with Crippen LogP contribution in [0.25, 0.3) is 0 Å². The zero-order valence-electron chi connectivity index (χ0n) is 7.53. The molecule has 4 nitrogen and oxygen atoms in total. The summed E-state index contributed by atoms with van der Waals surface area (Å²) in [4.78, 5) is 14.6. The number of amides is 2. The molecule has 1 heterocycles. The molecule has 69 valence electrons. The van der Waals surface area contributed by atoms with Crippen molar-refractivity contribution >= 4 is 6.03 Å². The first-order valence-corrected chi connectivity index (χ1v) is 4.11. The Labute approximate surface area is 77.4 Å². The molecule has 1 rings (SSSR count). The maximum atomic E-state index is 10.7. The van der Waals surface area contributed by atoms with Crippen LogP contribution in [0, 0.1) is 0 Å². The minimum Gasteiger partial charge on any atom is -0.340 e. The number of nitrogens with one attached hydrogen (secondary N) is 1. The summed E-state index contributed by atoms with van der Waals surface area (Å²) in [6, 6.07) is 3.56. The molecule has 0 atom stereocenters. The minimum atomic E-state index is -0.269. The molecular weight excluding hydrogens is 166 g/mol. The van der Waals surface area contributed by atoms with E-state index in [2.05, 4.69) is 15.6 Å². The SMILES string of the molecule is CNC(=O)[N]CCc1ccncc1. The summed E-state index contributed by atoms with van der Waals surface area (Å²) in [6.07, 6.45) is 4.24. The van der Waals surface area contributed by atoms with Gasteiger partial charge in [0.15, 0.2) is 0 Å². The summed E-state index contributed by atoms with van der Waals surface area (Å²) in [5.74, 6) is 0. The molecule has 0 saturated carbocycles. The summed E-state index contributed by atoms with van der Waals surface area (Å²) < 4.78 is 0. The van der Waals surface area contributed by atoms with E-state index in [0.717, 1.165) is 12.0 Å². The summed E-state index contributed by atoms with van der Waals surface area (Å²) in [5.41, 5.74) is 1.14. The van der Waals surface area contributed by atoms with Gasteiger partial charge in [0.05, 0.1) is 0 Å². The molecule has 0 aliphatic rings. The quantitative estimate of drug-likeness (QED) is 0.735. The fourth-order valence-corrected chi connectivity index (χ4v) is 0.915. The van der Waals surface area contributed by atoms with E-state index in [-0.39, 0.29) is 6.03 Å². The number of nitrogens with zero attached hydrogens (tertiary/aromatic N) is 2. The molecule has 0 saturated heterocycles. The van der Waals surface area contributed by atoms with Gasteiger partial charge >= 0.3 is 6.03 Å². The molecule has 1 aromatic heterocycles. The smallest absolute Gasteiger partial charge is 0.336 e. The second-order valence-corrected chi connectivity index (χ2v) is 2.54. The third-order valence-electron chi connectivity index (χ3n) is 1.62. The molecular formula is C9H12N3O. The molecule has 1 N–H and O–H groups in total. The van der Waals surface area contributed by atoms with E-state index in [0.29, 0.717) is 6.54 Å². The van der Waals surface area contributed by atoms with Gasteiger partial charge < -0.3 is 5.32 Å². The first-order valence-electron chi connectivity index (χ1n) is 4.11. The highest BCUT2D eigenvalue weighted by atomic mass is 16.2. The van der Waals surface area contributed by atoms with Crippen LogP contribution in [0.4, 0.5) is 4.79 Å². The molecule has 0 aromatic carbocycles. The van der Waals surface area contributed by atoms with E-state index in [1.54, 1.807) is 19.4 Å². The van der Waals surface area contributed by atoms with Gasteiger partial charge in [-0.1, -0.05) is 0 Å². The Morgan fingerprint density at radius 1 is 1.54 bits per heavy atom. The van der Waals surface area contributed by atoms with E-state index in [1.165, 1.54) is 0 Å². The second kappa shape index (κ2) is 5.13. The first kappa shape index (κ1) is 9.51. The number of rotatable bonds is 3. The lowest BCUT2D eigenvalue weighted by Gasteiger charge is -2.00. The number of urea groups is 1. The average Bonchev–Trinajstić information content (AvgIpc) is 2.19. The number of hydrogen-bond donors (Lipinski definition) is 1. The highest BCUT2D eigenvalue weighted by molar-refractivity contribution is 5.73. The van der Waals surface area contributed by atoms with Crippen molar-refractivity contribution < 1.29 is 4.79 Å². The van der Waals surface area contributed by atoms with Crippen molar-refractivity contribution in [2.24, 2.45) is 0 Å². The monoisotopic (exact) mass is 178 g/mol. The molecule has 2 amide bonds. The molecule has 0 aliphatic heterocycles. The summed E-state index contributed by atoms with van der Waals surface area (Å²) in [6.45, 7) is 0.518. The van der Waals surface area contributed by atoms with Crippen molar-refractivity contribution in [3.8, 4) is 0 Å². The predicted octanol–water partition coefficient (Wildman–Crippen LogP) is 0.568. The zero-order valence-corrected chi connectivity index (χ0v) is 7.53. The predicted molar refractivity (Wildman–Crippen MR) is 49.4 cm³/mol. The Kier molecular flexibility index (Phi) is 3.75. The molecule has 4 heteroatoms. The van der Waals surface area contributed by atoms with Gasteiger partial charge in [-0.05, 0) is 24.1 Å². The van der Waals surface area contributed by atoms with Crippen molar-refractivity contribution in [2.75, 3.05) is 13.6 Å². The van der Waals surface area contributed by atoms with Crippen LogP contribution in [0.15, 0.2) is 24.5 Å². The lowest BCUT2D eigenvalue weighted by Crippen LogP contribution is -2.28. The van der Waals surface area contributed by atoms with Gasteiger partial charge in [-0.3, -0.25) is 4.98 Å². The summed E-state index contributed by atoms with van der Waals surface area (Å²) in [7, 11) is 1.57. The molecule has 0 aliphatic carbocycles. The van der Waals surface area contributed by atoms with E-state index >= 15 is 0 Å². The van der Waals surface area contributed by atoms with Gasteiger partial charge in [-0.15, -0.1) is 0 Å². The maximum absolute atomic E-state index is 10.7. The number of hydrogen-bond acceptors (Lipinski definition) is 2. The van der Waals surface area contributed by atoms with Crippen LogP contribution >= 0.6 is 0 Å². The summed E-state index contributed by atoms with van der Waals surface area (Å²) in [5, 5.41) is 6.20. The zero-order chi connectivity index (χ0) is 9.52. The van der Waals surface area contributed by atoms with Crippen molar-refractivity contribution in [1.82, 2.24) is 15.6 Å². The Morgan fingerprint density at radius 2 is 2.23 bits per heavy atom. The van der Waals surface area contributed by atoms with Crippen LogP contribution in [-0.2, 0) is 6.42 Å². The van der Waals surface area contributed by atoms with Crippen molar-refractivity contribution in [1.29, 1.82) is 0 Å². The third-order valence-corrected chi connectivity index (χ3v) is 1.62. The van der Waals surface area contributed by atoms with Gasteiger partial charge in [0.2, 0.25) is 0 Å². The fourth-order valence-electron chi connectivity index (χ4n) is 0.915. The minimum absolute atomic E-state index is 0.269. The van der Waals surface area contributed by atoms with Gasteiger partial charge in [0.1, 0.15) is 0 Å². The third kappa shape index (κ3) is 3.55. The first-order chi connectivity index (χ1) is 6.33. The molecule has 1 radical (unpaired) electrons. The Hall–Kier alpha value is -1.58. The highest BCUT2D eigenvalue weighted by Crippen LogP contribution is 1.95. The number of carbonyl (C=O) groups excluding carboxylic acids is 1. The Balaban J connectivity index is 2.24. The summed E-state index contributed by atoms with van der Waals surface area (Å²) >= 11 is 0. The largest absolute Gasteiger partial charge is 0.340 e. The van der Waals surface area contributed by atoms with Crippen LogP contribution < -0.4 is 10.6 Å². The molecule has 0 fully saturated rings. The lowest BCUT2D eigenvalue weighted by molar-refractivity contribution is 0.242. The second-order valence-electron chi connectivity index (χ2n) is 2.54. The van der Waals surface area contributed by atoms with Crippen molar-refractivity contribution in [2.45, 2.75) is 6.42 Å². The normalized spacial score (nSPS) is 9.31. The number of pyridine rings is 1. The average molecular weight is 178 g/mol. The van der Waals surface area contributed by atoms with Crippen LogP contribution in [-0.4, -0.2) is 24.6 Å².